The second-order valence-electron chi connectivity index (χ2n) is 7.08. The van der Waals surface area contributed by atoms with Crippen LogP contribution in [0.3, 0.4) is 0 Å². The molecule has 1 aliphatic heterocycles. The molecule has 1 aromatic heterocycles. The molecule has 27 heavy (non-hydrogen) atoms. The van der Waals surface area contributed by atoms with Gasteiger partial charge in [0.05, 0.1) is 25.3 Å². The van der Waals surface area contributed by atoms with Gasteiger partial charge in [0.2, 0.25) is 5.91 Å². The normalized spacial score (nSPS) is 15.0. The van der Waals surface area contributed by atoms with Crippen molar-refractivity contribution in [2.45, 2.75) is 32.7 Å². The lowest BCUT2D eigenvalue weighted by Gasteiger charge is -2.26. The van der Waals surface area contributed by atoms with Crippen LogP contribution in [0.15, 0.2) is 29.6 Å². The molecule has 2 heterocycles. The first-order valence-electron chi connectivity index (χ1n) is 9.73. The summed E-state index contributed by atoms with van der Waals surface area (Å²) in [6.45, 7) is 7.50. The van der Waals surface area contributed by atoms with Gasteiger partial charge in [-0.25, -0.2) is 4.98 Å². The summed E-state index contributed by atoms with van der Waals surface area (Å²) in [4.78, 5) is 21.3. The second-order valence-corrected chi connectivity index (χ2v) is 7.94. The van der Waals surface area contributed by atoms with E-state index in [9.17, 15) is 4.79 Å². The minimum absolute atomic E-state index is 0.140. The molecule has 0 N–H and O–H groups in total. The number of carbonyl (C=O) groups excluding carboxylic acids is 1. The first-order valence-corrected chi connectivity index (χ1v) is 10.6. The number of hydrogen-bond acceptors (Lipinski definition) is 5. The Balaban J connectivity index is 1.62. The molecule has 5 nitrogen and oxygen atoms in total. The van der Waals surface area contributed by atoms with Crippen molar-refractivity contribution in [3.63, 3.8) is 0 Å². The van der Waals surface area contributed by atoms with Crippen LogP contribution in [0.2, 0.25) is 0 Å². The van der Waals surface area contributed by atoms with Crippen LogP contribution < -0.4 is 0 Å². The molecule has 1 saturated heterocycles. The van der Waals surface area contributed by atoms with Crippen LogP contribution in [0.1, 0.15) is 31.0 Å². The lowest BCUT2D eigenvalue weighted by molar-refractivity contribution is -0.129. The molecule has 146 valence electrons. The summed E-state index contributed by atoms with van der Waals surface area (Å²) in [6, 6.07) is 8.57. The Morgan fingerprint density at radius 3 is 2.93 bits per heavy atom. The zero-order valence-corrected chi connectivity index (χ0v) is 17.1. The van der Waals surface area contributed by atoms with Gasteiger partial charge in [-0.1, -0.05) is 31.5 Å². The summed E-state index contributed by atoms with van der Waals surface area (Å²) in [7, 11) is 1.88. The molecular formula is C21H29N3O2S. The van der Waals surface area contributed by atoms with E-state index in [-0.39, 0.29) is 5.91 Å². The van der Waals surface area contributed by atoms with Crippen molar-refractivity contribution >= 4 is 17.2 Å². The molecule has 0 radical (unpaired) electrons. The van der Waals surface area contributed by atoms with Gasteiger partial charge in [-0.05, 0) is 18.1 Å². The molecule has 2 aromatic rings. The van der Waals surface area contributed by atoms with Gasteiger partial charge in [0.1, 0.15) is 5.01 Å². The summed E-state index contributed by atoms with van der Waals surface area (Å²) in [5.41, 5.74) is 3.28. The molecule has 0 saturated carbocycles. The van der Waals surface area contributed by atoms with E-state index in [2.05, 4.69) is 36.1 Å². The number of hydrogen-bond donors (Lipinski definition) is 0. The molecule has 0 unspecified atom stereocenters. The summed E-state index contributed by atoms with van der Waals surface area (Å²) >= 11 is 1.61. The Bertz CT molecular complexity index is 741. The number of amides is 1. The van der Waals surface area contributed by atoms with Crippen molar-refractivity contribution < 1.29 is 9.53 Å². The van der Waals surface area contributed by atoms with Gasteiger partial charge >= 0.3 is 0 Å². The van der Waals surface area contributed by atoms with Crippen molar-refractivity contribution in [3.05, 3.63) is 40.9 Å². The monoisotopic (exact) mass is 387 g/mol. The average molecular weight is 388 g/mol. The van der Waals surface area contributed by atoms with Crippen LogP contribution in [-0.4, -0.2) is 60.6 Å². The van der Waals surface area contributed by atoms with Crippen LogP contribution in [-0.2, 0) is 22.5 Å². The molecule has 1 aromatic carbocycles. The molecular weight excluding hydrogens is 358 g/mol. The standard InChI is InChI=1S/C21H29N3O2S/c1-3-4-8-23(2)20(25)14-19-16-27-21(22-19)18-7-5-6-17(13-18)15-24-9-11-26-12-10-24/h5-7,13,16H,3-4,8-12,14-15H2,1-2H3. The largest absolute Gasteiger partial charge is 0.379 e. The van der Waals surface area contributed by atoms with E-state index in [0.29, 0.717) is 6.42 Å². The Morgan fingerprint density at radius 2 is 2.15 bits per heavy atom. The van der Waals surface area contributed by atoms with Crippen LogP contribution in [0, 0.1) is 0 Å². The Labute approximate surface area is 166 Å². The molecule has 1 aliphatic rings. The van der Waals surface area contributed by atoms with Crippen molar-refractivity contribution in [1.82, 2.24) is 14.8 Å². The number of nitrogens with zero attached hydrogens (tertiary/aromatic N) is 3. The SMILES string of the molecule is CCCCN(C)C(=O)Cc1csc(-c2cccc(CN3CCOCC3)c2)n1. The van der Waals surface area contributed by atoms with Gasteiger partial charge in [-0.2, -0.15) is 0 Å². The number of ether oxygens (including phenoxy) is 1. The second kappa shape index (κ2) is 9.97. The van der Waals surface area contributed by atoms with Gasteiger partial charge in [0, 0.05) is 44.2 Å². The number of rotatable bonds is 8. The molecule has 0 atom stereocenters. The van der Waals surface area contributed by atoms with Crippen molar-refractivity contribution in [3.8, 4) is 10.6 Å². The van der Waals surface area contributed by atoms with Crippen LogP contribution in [0.25, 0.3) is 10.6 Å². The van der Waals surface area contributed by atoms with Gasteiger partial charge in [0.15, 0.2) is 0 Å². The topological polar surface area (TPSA) is 45.7 Å². The Kier molecular flexibility index (Phi) is 7.38. The fourth-order valence-electron chi connectivity index (χ4n) is 3.15. The molecule has 0 bridgehead atoms. The minimum Gasteiger partial charge on any atom is -0.379 e. The zero-order valence-electron chi connectivity index (χ0n) is 16.3. The fraction of sp³-hybridized carbons (Fsp3) is 0.524. The zero-order chi connectivity index (χ0) is 19.1. The number of unbranched alkanes of at least 4 members (excludes halogenated alkanes) is 1. The number of carbonyl (C=O) groups is 1. The third-order valence-corrected chi connectivity index (χ3v) is 5.78. The van der Waals surface area contributed by atoms with Gasteiger partial charge in [0.25, 0.3) is 0 Å². The highest BCUT2D eigenvalue weighted by Gasteiger charge is 2.14. The number of morpholine rings is 1. The van der Waals surface area contributed by atoms with Crippen LogP contribution in [0.4, 0.5) is 0 Å². The maximum Gasteiger partial charge on any atom is 0.228 e. The lowest BCUT2D eigenvalue weighted by Crippen LogP contribution is -2.35. The number of aromatic nitrogens is 1. The molecule has 3 rings (SSSR count). The highest BCUT2D eigenvalue weighted by atomic mass is 32.1. The van der Waals surface area contributed by atoms with E-state index in [1.165, 1.54) is 5.56 Å². The Morgan fingerprint density at radius 1 is 1.33 bits per heavy atom. The molecule has 0 aliphatic carbocycles. The first kappa shape index (κ1) is 20.0. The predicted octanol–water partition coefficient (Wildman–Crippen LogP) is 3.44. The van der Waals surface area contributed by atoms with E-state index in [4.69, 9.17) is 9.72 Å². The summed E-state index contributed by atoms with van der Waals surface area (Å²) in [5, 5.41) is 2.99. The average Bonchev–Trinajstić information content (AvgIpc) is 3.15. The highest BCUT2D eigenvalue weighted by Crippen LogP contribution is 2.25. The first-order chi connectivity index (χ1) is 13.2. The smallest absolute Gasteiger partial charge is 0.228 e. The third-order valence-electron chi connectivity index (χ3n) is 4.84. The lowest BCUT2D eigenvalue weighted by atomic mass is 10.1. The van der Waals surface area contributed by atoms with E-state index in [0.717, 1.165) is 68.5 Å². The summed E-state index contributed by atoms with van der Waals surface area (Å²) in [5.74, 6) is 0.140. The maximum atomic E-state index is 12.3. The number of benzene rings is 1. The van der Waals surface area contributed by atoms with Crippen molar-refractivity contribution in [2.24, 2.45) is 0 Å². The molecule has 0 spiro atoms. The van der Waals surface area contributed by atoms with Gasteiger partial charge in [-0.15, -0.1) is 11.3 Å². The highest BCUT2D eigenvalue weighted by molar-refractivity contribution is 7.13. The third kappa shape index (κ3) is 5.86. The summed E-state index contributed by atoms with van der Waals surface area (Å²) < 4.78 is 5.42. The maximum absolute atomic E-state index is 12.3. The molecule has 6 heteroatoms. The van der Waals surface area contributed by atoms with Crippen molar-refractivity contribution in [2.75, 3.05) is 39.9 Å². The van der Waals surface area contributed by atoms with Crippen molar-refractivity contribution in [1.29, 1.82) is 0 Å². The fourth-order valence-corrected chi connectivity index (χ4v) is 3.97. The molecule has 1 amide bonds. The van der Waals surface area contributed by atoms with E-state index < -0.39 is 0 Å². The van der Waals surface area contributed by atoms with Crippen LogP contribution in [0.5, 0.6) is 0 Å². The van der Waals surface area contributed by atoms with E-state index in [1.54, 1.807) is 11.3 Å². The van der Waals surface area contributed by atoms with Crippen LogP contribution >= 0.6 is 11.3 Å². The minimum atomic E-state index is 0.140. The van der Waals surface area contributed by atoms with E-state index >= 15 is 0 Å². The van der Waals surface area contributed by atoms with E-state index in [1.807, 2.05) is 17.3 Å². The number of thiazole rings is 1. The Hall–Kier alpha value is -1.76. The van der Waals surface area contributed by atoms with Gasteiger partial charge < -0.3 is 9.64 Å². The molecule has 1 fully saturated rings. The quantitative estimate of drug-likeness (QED) is 0.696. The van der Waals surface area contributed by atoms with Gasteiger partial charge in [-0.3, -0.25) is 9.69 Å². The predicted molar refractivity (Wildman–Crippen MR) is 110 cm³/mol. The number of likely N-dealkylation sites (N-methyl/N-ethyl adjacent to an activating group) is 1. The summed E-state index contributed by atoms with van der Waals surface area (Å²) in [6.07, 6.45) is 2.52.